The summed E-state index contributed by atoms with van der Waals surface area (Å²) in [6, 6.07) is 0. The number of thiophene rings is 1. The maximum absolute atomic E-state index is 12.0. The van der Waals surface area contributed by atoms with Gasteiger partial charge in [-0.25, -0.2) is 0 Å². The third kappa shape index (κ3) is 2.63. The van der Waals surface area contributed by atoms with Crippen LogP contribution in [0.25, 0.3) is 0 Å². The molecule has 1 aromatic heterocycles. The highest BCUT2D eigenvalue weighted by atomic mass is 32.1. The Hall–Kier alpha value is -1.03. The normalized spacial score (nSPS) is 17.0. The molecule has 0 atom stereocenters. The molecule has 0 saturated heterocycles. The van der Waals surface area contributed by atoms with E-state index >= 15 is 0 Å². The van der Waals surface area contributed by atoms with Gasteiger partial charge in [0.15, 0.2) is 0 Å². The maximum Gasteiger partial charge on any atom is 0.254 e. The third-order valence-electron chi connectivity index (χ3n) is 3.46. The summed E-state index contributed by atoms with van der Waals surface area (Å²) in [4.78, 5) is 12.0. The smallest absolute Gasteiger partial charge is 0.254 e. The van der Waals surface area contributed by atoms with E-state index in [0.29, 0.717) is 17.5 Å². The minimum absolute atomic E-state index is 0.00757. The van der Waals surface area contributed by atoms with Crippen molar-refractivity contribution in [2.24, 2.45) is 0 Å². The molecular formula is C13H20N2OS. The molecule has 17 heavy (non-hydrogen) atoms. The summed E-state index contributed by atoms with van der Waals surface area (Å²) in [5.74, 6) is 0.529. The third-order valence-corrected chi connectivity index (χ3v) is 4.29. The lowest BCUT2D eigenvalue weighted by Crippen LogP contribution is -2.24. The van der Waals surface area contributed by atoms with Crippen LogP contribution in [0.15, 0.2) is 5.38 Å². The van der Waals surface area contributed by atoms with Crippen LogP contribution in [0.3, 0.4) is 0 Å². The zero-order valence-electron chi connectivity index (χ0n) is 10.3. The van der Waals surface area contributed by atoms with E-state index in [1.165, 1.54) is 49.0 Å². The van der Waals surface area contributed by atoms with Gasteiger partial charge in [-0.05, 0) is 36.6 Å². The number of anilines is 1. The number of nitrogen functional groups attached to an aromatic ring is 1. The van der Waals surface area contributed by atoms with Crippen LogP contribution in [-0.4, -0.2) is 12.5 Å². The van der Waals surface area contributed by atoms with Crippen molar-refractivity contribution in [2.45, 2.75) is 44.9 Å². The zero-order valence-corrected chi connectivity index (χ0v) is 11.1. The second-order valence-corrected chi connectivity index (χ2v) is 5.54. The van der Waals surface area contributed by atoms with Gasteiger partial charge in [0.05, 0.1) is 10.6 Å². The lowest BCUT2D eigenvalue weighted by Gasteiger charge is -2.22. The average Bonchev–Trinajstić information content (AvgIpc) is 2.73. The molecule has 0 spiro atoms. The molecule has 94 valence electrons. The summed E-state index contributed by atoms with van der Waals surface area (Å²) in [6.07, 6.45) is 6.27. The van der Waals surface area contributed by atoms with Crippen molar-refractivity contribution in [3.63, 3.8) is 0 Å². The number of hydrogen-bond donors (Lipinski definition) is 2. The molecule has 0 unspecified atom stereocenters. The molecule has 0 radical (unpaired) electrons. The molecule has 0 aliphatic heterocycles. The van der Waals surface area contributed by atoms with Crippen molar-refractivity contribution in [2.75, 3.05) is 12.3 Å². The van der Waals surface area contributed by atoms with Crippen LogP contribution in [0.4, 0.5) is 5.00 Å². The zero-order chi connectivity index (χ0) is 12.3. The van der Waals surface area contributed by atoms with Gasteiger partial charge in [0.2, 0.25) is 0 Å². The molecule has 2 rings (SSSR count). The summed E-state index contributed by atoms with van der Waals surface area (Å²) < 4.78 is 0. The topological polar surface area (TPSA) is 55.1 Å². The molecule has 1 heterocycles. The molecule has 3 nitrogen and oxygen atoms in total. The number of hydrogen-bond acceptors (Lipinski definition) is 3. The summed E-state index contributed by atoms with van der Waals surface area (Å²) in [7, 11) is 0. The van der Waals surface area contributed by atoms with Crippen molar-refractivity contribution in [1.82, 2.24) is 5.32 Å². The van der Waals surface area contributed by atoms with Crippen molar-refractivity contribution in [1.29, 1.82) is 0 Å². The molecule has 1 aromatic rings. The second kappa shape index (κ2) is 5.54. The molecule has 4 heteroatoms. The van der Waals surface area contributed by atoms with E-state index in [9.17, 15) is 4.79 Å². The molecular weight excluding hydrogens is 232 g/mol. The predicted molar refractivity (Wildman–Crippen MR) is 72.6 cm³/mol. The summed E-state index contributed by atoms with van der Waals surface area (Å²) >= 11 is 1.50. The minimum Gasteiger partial charge on any atom is -0.390 e. The lowest BCUT2D eigenvalue weighted by atomic mass is 9.83. The molecule has 1 aliphatic carbocycles. The Kier molecular flexibility index (Phi) is 4.05. The Morgan fingerprint density at radius 1 is 1.47 bits per heavy atom. The Balaban J connectivity index is 2.24. The highest BCUT2D eigenvalue weighted by Gasteiger charge is 2.24. The van der Waals surface area contributed by atoms with Gasteiger partial charge in [-0.1, -0.05) is 19.3 Å². The number of amides is 1. The largest absolute Gasteiger partial charge is 0.390 e. The molecule has 1 aliphatic rings. The fraction of sp³-hybridized carbons (Fsp3) is 0.615. The summed E-state index contributed by atoms with van der Waals surface area (Å²) in [5.41, 5.74) is 7.86. The highest BCUT2D eigenvalue weighted by molar-refractivity contribution is 7.14. The molecule has 0 aromatic carbocycles. The quantitative estimate of drug-likeness (QED) is 0.868. The van der Waals surface area contributed by atoms with Crippen LogP contribution in [0.2, 0.25) is 0 Å². The Bertz CT molecular complexity index is 394. The van der Waals surface area contributed by atoms with Gasteiger partial charge in [-0.2, -0.15) is 0 Å². The van der Waals surface area contributed by atoms with Crippen molar-refractivity contribution in [3.05, 3.63) is 16.5 Å². The minimum atomic E-state index is -0.00757. The van der Waals surface area contributed by atoms with Crippen molar-refractivity contribution < 1.29 is 4.79 Å². The first-order valence-electron chi connectivity index (χ1n) is 6.39. The van der Waals surface area contributed by atoms with Gasteiger partial charge in [0.1, 0.15) is 0 Å². The Labute approximate surface area is 106 Å². The van der Waals surface area contributed by atoms with Crippen molar-refractivity contribution >= 4 is 22.2 Å². The van der Waals surface area contributed by atoms with Crippen LogP contribution >= 0.6 is 11.3 Å². The van der Waals surface area contributed by atoms with E-state index in [-0.39, 0.29) is 5.91 Å². The summed E-state index contributed by atoms with van der Waals surface area (Å²) in [6.45, 7) is 2.58. The number of rotatable bonds is 3. The van der Waals surface area contributed by atoms with Gasteiger partial charge in [-0.15, -0.1) is 11.3 Å². The highest BCUT2D eigenvalue weighted by Crippen LogP contribution is 2.38. The number of nitrogens with two attached hydrogens (primary N) is 1. The van der Waals surface area contributed by atoms with Gasteiger partial charge in [0.25, 0.3) is 5.91 Å². The first-order chi connectivity index (χ1) is 8.24. The van der Waals surface area contributed by atoms with Crippen LogP contribution in [-0.2, 0) is 0 Å². The van der Waals surface area contributed by atoms with Gasteiger partial charge < -0.3 is 11.1 Å². The van der Waals surface area contributed by atoms with Gasteiger partial charge in [0, 0.05) is 6.54 Å². The van der Waals surface area contributed by atoms with Gasteiger partial charge in [-0.3, -0.25) is 4.79 Å². The number of carbonyl (C=O) groups is 1. The van der Waals surface area contributed by atoms with Crippen molar-refractivity contribution in [3.8, 4) is 0 Å². The van der Waals surface area contributed by atoms with E-state index < -0.39 is 0 Å². The maximum atomic E-state index is 12.0. The standard InChI is InChI=1S/C13H20N2OS/c1-2-15-13(16)11-10(8-17-12(11)14)9-6-4-3-5-7-9/h8-9H,2-7,14H2,1H3,(H,15,16). The van der Waals surface area contributed by atoms with Crippen LogP contribution in [0, 0.1) is 0 Å². The van der Waals surface area contributed by atoms with Crippen LogP contribution in [0.5, 0.6) is 0 Å². The molecule has 0 bridgehead atoms. The fourth-order valence-electron chi connectivity index (χ4n) is 2.59. The van der Waals surface area contributed by atoms with Gasteiger partial charge >= 0.3 is 0 Å². The molecule has 1 amide bonds. The Morgan fingerprint density at radius 2 is 2.18 bits per heavy atom. The first kappa shape index (κ1) is 12.4. The molecule has 3 N–H and O–H groups in total. The predicted octanol–water partition coefficient (Wildman–Crippen LogP) is 3.13. The molecule has 1 fully saturated rings. The Morgan fingerprint density at radius 3 is 2.82 bits per heavy atom. The average molecular weight is 252 g/mol. The van der Waals surface area contributed by atoms with E-state index in [1.54, 1.807) is 0 Å². The van der Waals surface area contributed by atoms with E-state index in [0.717, 1.165) is 5.56 Å². The SMILES string of the molecule is CCNC(=O)c1c(C2CCCCC2)csc1N. The monoisotopic (exact) mass is 252 g/mol. The summed E-state index contributed by atoms with van der Waals surface area (Å²) in [5, 5.41) is 5.60. The van der Waals surface area contributed by atoms with Crippen LogP contribution < -0.4 is 11.1 Å². The number of carbonyl (C=O) groups excluding carboxylic acids is 1. The first-order valence-corrected chi connectivity index (χ1v) is 7.27. The van der Waals surface area contributed by atoms with Crippen LogP contribution in [0.1, 0.15) is 60.9 Å². The van der Waals surface area contributed by atoms with E-state index in [1.807, 2.05) is 6.92 Å². The van der Waals surface area contributed by atoms with E-state index in [2.05, 4.69) is 10.7 Å². The fourth-order valence-corrected chi connectivity index (χ4v) is 3.49. The van der Waals surface area contributed by atoms with E-state index in [4.69, 9.17) is 5.73 Å². The lowest BCUT2D eigenvalue weighted by molar-refractivity contribution is 0.0955. The molecule has 1 saturated carbocycles. The second-order valence-electron chi connectivity index (χ2n) is 4.62. The number of nitrogens with one attached hydrogen (secondary N) is 1.